The summed E-state index contributed by atoms with van der Waals surface area (Å²) in [7, 11) is 0. The van der Waals surface area contributed by atoms with Crippen LogP contribution < -0.4 is 5.73 Å². The van der Waals surface area contributed by atoms with Crippen LogP contribution in [0.3, 0.4) is 0 Å². The topological polar surface area (TPSA) is 49.8 Å². The van der Waals surface area contributed by atoms with Gasteiger partial charge in [0.05, 0.1) is 10.3 Å². The zero-order valence-corrected chi connectivity index (χ0v) is 13.2. The molecule has 2 N–H and O–H groups in total. The highest BCUT2D eigenvalue weighted by Gasteiger charge is 2.16. The Bertz CT molecular complexity index is 594. The number of nitrogen functional groups attached to an aromatic ring is 1. The number of rotatable bonds is 0. The second-order valence-corrected chi connectivity index (χ2v) is 4.51. The van der Waals surface area contributed by atoms with Gasteiger partial charge in [-0.25, -0.2) is 4.39 Å². The lowest BCUT2D eigenvalue weighted by atomic mass is 10.0. The molecule has 0 spiro atoms. The van der Waals surface area contributed by atoms with E-state index in [0.29, 0.717) is 20.7 Å². The minimum atomic E-state index is -0.300. The van der Waals surface area contributed by atoms with E-state index in [1.165, 1.54) is 6.07 Å². The summed E-state index contributed by atoms with van der Waals surface area (Å²) < 4.78 is 14.1. The van der Waals surface area contributed by atoms with Crippen LogP contribution in [0.2, 0.25) is 0 Å². The first-order valence-electron chi connectivity index (χ1n) is 6.44. The second-order valence-electron chi connectivity index (χ2n) is 3.46. The van der Waals surface area contributed by atoms with Crippen LogP contribution in [0.4, 0.5) is 9.39 Å². The summed E-state index contributed by atoms with van der Waals surface area (Å²) >= 11 is 1.13. The first-order valence-corrected chi connectivity index (χ1v) is 7.25. The van der Waals surface area contributed by atoms with Crippen LogP contribution in [0.25, 0.3) is 10.1 Å². The number of halogens is 1. The molecule has 0 aliphatic heterocycles. The van der Waals surface area contributed by atoms with E-state index < -0.39 is 0 Å². The average Bonchev–Trinajstić information content (AvgIpc) is 2.78. The van der Waals surface area contributed by atoms with E-state index in [0.717, 1.165) is 22.5 Å². The average molecular weight is 280 g/mol. The van der Waals surface area contributed by atoms with Gasteiger partial charge in [-0.3, -0.25) is 0 Å². The number of thiophene rings is 1. The lowest BCUT2D eigenvalue weighted by Crippen LogP contribution is -1.88. The van der Waals surface area contributed by atoms with Crippen LogP contribution in [-0.2, 0) is 0 Å². The zero-order valence-electron chi connectivity index (χ0n) is 12.4. The highest BCUT2D eigenvalue weighted by molar-refractivity contribution is 7.23. The molecule has 0 aliphatic rings. The Morgan fingerprint density at radius 1 is 1.21 bits per heavy atom. The predicted octanol–water partition coefficient (Wildman–Crippen LogP) is 5.16. The third kappa shape index (κ3) is 3.24. The number of benzene rings is 1. The van der Waals surface area contributed by atoms with Crippen LogP contribution in [0.5, 0.6) is 0 Å². The number of fused-ring (bicyclic) bond motifs is 1. The zero-order chi connectivity index (χ0) is 15.2. The Morgan fingerprint density at radius 2 is 1.74 bits per heavy atom. The van der Waals surface area contributed by atoms with Crippen LogP contribution in [0.15, 0.2) is 6.07 Å². The Morgan fingerprint density at radius 3 is 2.21 bits per heavy atom. The molecular weight excluding hydrogens is 259 g/mol. The fourth-order valence-electron chi connectivity index (χ4n) is 1.65. The third-order valence-corrected chi connectivity index (χ3v) is 3.60. The van der Waals surface area contributed by atoms with Crippen molar-refractivity contribution in [2.75, 3.05) is 5.73 Å². The lowest BCUT2D eigenvalue weighted by molar-refractivity contribution is 0.640. The molecule has 104 valence electrons. The molecule has 19 heavy (non-hydrogen) atoms. The van der Waals surface area contributed by atoms with Gasteiger partial charge in [0, 0.05) is 5.39 Å². The molecule has 0 saturated heterocycles. The van der Waals surface area contributed by atoms with Crippen molar-refractivity contribution in [2.45, 2.75) is 41.5 Å². The molecule has 2 nitrogen and oxygen atoms in total. The van der Waals surface area contributed by atoms with Crippen molar-refractivity contribution in [2.24, 2.45) is 0 Å². The molecule has 2 aromatic rings. The van der Waals surface area contributed by atoms with Crippen LogP contribution in [-0.4, -0.2) is 0 Å². The van der Waals surface area contributed by atoms with E-state index in [1.54, 1.807) is 0 Å². The first kappa shape index (κ1) is 17.4. The van der Waals surface area contributed by atoms with Gasteiger partial charge in [0.25, 0.3) is 0 Å². The smallest absolute Gasteiger partial charge is 0.141 e. The van der Waals surface area contributed by atoms with Crippen molar-refractivity contribution in [1.29, 1.82) is 5.26 Å². The molecular formula is C15H21FN2S. The predicted molar refractivity (Wildman–Crippen MR) is 83.1 cm³/mol. The maximum absolute atomic E-state index is 13.6. The van der Waals surface area contributed by atoms with Crippen molar-refractivity contribution < 1.29 is 4.39 Å². The van der Waals surface area contributed by atoms with Crippen LogP contribution >= 0.6 is 11.3 Å². The minimum Gasteiger partial charge on any atom is -0.389 e. The molecule has 4 heteroatoms. The molecule has 0 radical (unpaired) electrons. The second kappa shape index (κ2) is 7.75. The molecule has 0 fully saturated rings. The van der Waals surface area contributed by atoms with Gasteiger partial charge in [0.15, 0.2) is 0 Å². The highest BCUT2D eigenvalue weighted by atomic mass is 32.1. The largest absolute Gasteiger partial charge is 0.389 e. The fraction of sp³-hybridized carbons (Fsp3) is 0.400. The molecule has 1 aromatic heterocycles. The number of hydrogen-bond donors (Lipinski definition) is 1. The van der Waals surface area contributed by atoms with Gasteiger partial charge in [0.1, 0.15) is 16.9 Å². The van der Waals surface area contributed by atoms with Crippen LogP contribution in [0, 0.1) is 31.0 Å². The van der Waals surface area contributed by atoms with Gasteiger partial charge in [-0.05, 0) is 31.0 Å². The molecule has 1 heterocycles. The van der Waals surface area contributed by atoms with E-state index in [4.69, 9.17) is 11.0 Å². The SMILES string of the molecule is CC.CC.Cc1cc(F)c2sc(N)c(C#N)c2c1C. The van der Waals surface area contributed by atoms with Gasteiger partial charge in [-0.2, -0.15) is 5.26 Å². The molecule has 0 unspecified atom stereocenters. The van der Waals surface area contributed by atoms with Gasteiger partial charge in [0.2, 0.25) is 0 Å². The number of aryl methyl sites for hydroxylation is 2. The minimum absolute atomic E-state index is 0.300. The summed E-state index contributed by atoms with van der Waals surface area (Å²) in [5, 5.41) is 10.0. The van der Waals surface area contributed by atoms with E-state index in [1.807, 2.05) is 47.6 Å². The first-order chi connectivity index (χ1) is 9.06. The molecule has 2 rings (SSSR count). The molecule has 0 atom stereocenters. The highest BCUT2D eigenvalue weighted by Crippen LogP contribution is 2.37. The number of hydrogen-bond acceptors (Lipinski definition) is 3. The summed E-state index contributed by atoms with van der Waals surface area (Å²) in [5.41, 5.74) is 7.85. The third-order valence-electron chi connectivity index (χ3n) is 2.57. The van der Waals surface area contributed by atoms with E-state index >= 15 is 0 Å². The van der Waals surface area contributed by atoms with Gasteiger partial charge in [-0.15, -0.1) is 11.3 Å². The standard InChI is InChI=1S/C11H9FN2S.2C2H6/c1-5-3-8(12)10-9(6(5)2)7(4-13)11(14)15-10;2*1-2/h3H,14H2,1-2H3;2*1-2H3. The maximum atomic E-state index is 13.6. The van der Waals surface area contributed by atoms with E-state index in [9.17, 15) is 4.39 Å². The van der Waals surface area contributed by atoms with Crippen molar-refractivity contribution in [1.82, 2.24) is 0 Å². The fourth-order valence-corrected chi connectivity index (χ4v) is 2.63. The Balaban J connectivity index is 0.000000741. The molecule has 0 amide bonds. The Labute approximate surface area is 118 Å². The van der Waals surface area contributed by atoms with Crippen molar-refractivity contribution in [3.8, 4) is 6.07 Å². The lowest BCUT2D eigenvalue weighted by Gasteiger charge is -2.02. The number of nitrogens with zero attached hydrogens (tertiary/aromatic N) is 1. The summed E-state index contributed by atoms with van der Waals surface area (Å²) in [5.74, 6) is -0.300. The van der Waals surface area contributed by atoms with Crippen molar-refractivity contribution >= 4 is 26.4 Å². The molecule has 0 aliphatic carbocycles. The molecule has 0 saturated carbocycles. The summed E-state index contributed by atoms with van der Waals surface area (Å²) in [6, 6.07) is 3.51. The monoisotopic (exact) mass is 280 g/mol. The summed E-state index contributed by atoms with van der Waals surface area (Å²) in [4.78, 5) is 0. The Kier molecular flexibility index (Phi) is 7.10. The van der Waals surface area contributed by atoms with Gasteiger partial charge >= 0.3 is 0 Å². The van der Waals surface area contributed by atoms with Crippen LogP contribution in [0.1, 0.15) is 44.4 Å². The van der Waals surface area contributed by atoms with E-state index in [-0.39, 0.29) is 5.82 Å². The Hall–Kier alpha value is -1.60. The number of anilines is 1. The van der Waals surface area contributed by atoms with Crippen molar-refractivity contribution in [3.05, 3.63) is 28.6 Å². The quantitative estimate of drug-likeness (QED) is 0.724. The van der Waals surface area contributed by atoms with Gasteiger partial charge < -0.3 is 5.73 Å². The molecule has 1 aromatic carbocycles. The van der Waals surface area contributed by atoms with Crippen molar-refractivity contribution in [3.63, 3.8) is 0 Å². The van der Waals surface area contributed by atoms with E-state index in [2.05, 4.69) is 0 Å². The van der Waals surface area contributed by atoms with Gasteiger partial charge in [-0.1, -0.05) is 27.7 Å². The molecule has 0 bridgehead atoms. The summed E-state index contributed by atoms with van der Waals surface area (Å²) in [6.07, 6.45) is 0. The summed E-state index contributed by atoms with van der Waals surface area (Å²) in [6.45, 7) is 11.7. The number of nitriles is 1. The maximum Gasteiger partial charge on any atom is 0.141 e. The normalized spacial score (nSPS) is 8.95. The number of nitrogens with two attached hydrogens (primary N) is 1.